The van der Waals surface area contributed by atoms with Crippen LogP contribution in [0.2, 0.25) is 0 Å². The monoisotopic (exact) mass is 541 g/mol. The number of alkyl halides is 7. The molecule has 0 heterocycles. The fraction of sp³-hybridized carbons (Fsp3) is 0.500. The van der Waals surface area contributed by atoms with Crippen LogP contribution in [0.4, 0.5) is 35.1 Å². The number of sulfone groups is 1. The molecule has 0 bridgehead atoms. The Balaban J connectivity index is 1.96. The standard InChI is InChI=1S/C24H23F8NO2S/c1-13(33)18-10-11-21(36(34,35)17-6-4-16(25)5-7-17)19-9-3-15(12-14(19)2-8-20(18)21)22(26,23(27,28)29)24(30,31)32/h3-7,9,12-13,18,20H,2,8,10-11,33H2,1H3/t13?,18-,20-,21+/m0/s1. The number of benzene rings is 2. The van der Waals surface area contributed by atoms with Gasteiger partial charge in [-0.05, 0) is 79.8 Å². The lowest BCUT2D eigenvalue weighted by Gasteiger charge is -2.43. The van der Waals surface area contributed by atoms with Gasteiger partial charge in [0.15, 0.2) is 9.84 Å². The van der Waals surface area contributed by atoms with Crippen molar-refractivity contribution in [1.82, 2.24) is 0 Å². The first-order chi connectivity index (χ1) is 16.5. The number of aryl methyl sites for hydroxylation is 1. The van der Waals surface area contributed by atoms with E-state index in [0.717, 1.165) is 30.3 Å². The fourth-order valence-corrected chi connectivity index (χ4v) is 8.54. The van der Waals surface area contributed by atoms with E-state index >= 15 is 0 Å². The van der Waals surface area contributed by atoms with E-state index in [4.69, 9.17) is 5.73 Å². The van der Waals surface area contributed by atoms with Crippen molar-refractivity contribution in [3.05, 3.63) is 65.0 Å². The molecule has 3 nitrogen and oxygen atoms in total. The quantitative estimate of drug-likeness (QED) is 0.376. The lowest BCUT2D eigenvalue weighted by molar-refractivity contribution is -0.348. The van der Waals surface area contributed by atoms with Crippen molar-refractivity contribution in [1.29, 1.82) is 0 Å². The molecule has 2 aromatic rings. The van der Waals surface area contributed by atoms with Crippen LogP contribution in [0.25, 0.3) is 0 Å². The highest BCUT2D eigenvalue weighted by molar-refractivity contribution is 7.92. The van der Waals surface area contributed by atoms with Crippen LogP contribution in [0, 0.1) is 17.7 Å². The molecule has 12 heteroatoms. The summed E-state index contributed by atoms with van der Waals surface area (Å²) >= 11 is 0. The minimum absolute atomic E-state index is 0.00917. The molecule has 2 N–H and O–H groups in total. The number of rotatable bonds is 4. The zero-order chi connectivity index (χ0) is 26.9. The topological polar surface area (TPSA) is 60.2 Å². The zero-order valence-corrected chi connectivity index (χ0v) is 19.7. The molecule has 2 aliphatic rings. The molecular weight excluding hydrogens is 518 g/mol. The number of hydrogen-bond donors (Lipinski definition) is 1. The Hall–Kier alpha value is -2.21. The molecule has 1 unspecified atom stereocenters. The van der Waals surface area contributed by atoms with Crippen molar-refractivity contribution >= 4 is 9.84 Å². The zero-order valence-electron chi connectivity index (χ0n) is 18.9. The predicted octanol–water partition coefficient (Wildman–Crippen LogP) is 6.10. The van der Waals surface area contributed by atoms with Gasteiger partial charge in [-0.1, -0.05) is 18.2 Å². The smallest absolute Gasteiger partial charge is 0.328 e. The van der Waals surface area contributed by atoms with E-state index in [2.05, 4.69) is 0 Å². The first-order valence-electron chi connectivity index (χ1n) is 11.2. The Morgan fingerprint density at radius 2 is 1.53 bits per heavy atom. The van der Waals surface area contributed by atoms with Crippen LogP contribution in [0.5, 0.6) is 0 Å². The van der Waals surface area contributed by atoms with Crippen LogP contribution in [0.15, 0.2) is 47.4 Å². The second-order valence-electron chi connectivity index (χ2n) is 9.58. The molecule has 4 atom stereocenters. The third-order valence-corrected chi connectivity index (χ3v) is 10.3. The summed E-state index contributed by atoms with van der Waals surface area (Å²) in [5, 5.41) is 0. The number of halogens is 8. The van der Waals surface area contributed by atoms with Crippen molar-refractivity contribution < 1.29 is 43.5 Å². The summed E-state index contributed by atoms with van der Waals surface area (Å²) in [6.45, 7) is 1.70. The van der Waals surface area contributed by atoms with Crippen LogP contribution in [0.1, 0.15) is 42.9 Å². The average molecular weight is 542 g/mol. The van der Waals surface area contributed by atoms with Gasteiger partial charge in [-0.3, -0.25) is 0 Å². The Morgan fingerprint density at radius 3 is 2.06 bits per heavy atom. The van der Waals surface area contributed by atoms with Gasteiger partial charge in [0.05, 0.1) is 4.90 Å². The third-order valence-electron chi connectivity index (χ3n) is 7.71. The minimum atomic E-state index is -6.29. The Bertz CT molecular complexity index is 1240. The van der Waals surface area contributed by atoms with Crippen molar-refractivity contribution in [2.75, 3.05) is 0 Å². The van der Waals surface area contributed by atoms with Crippen molar-refractivity contribution in [2.24, 2.45) is 17.6 Å². The lowest BCUT2D eigenvalue weighted by atomic mass is 9.71. The van der Waals surface area contributed by atoms with E-state index in [-0.39, 0.29) is 41.2 Å². The molecule has 0 radical (unpaired) electrons. The third kappa shape index (κ3) is 3.66. The fourth-order valence-electron chi connectivity index (χ4n) is 6.05. The van der Waals surface area contributed by atoms with Crippen molar-refractivity contribution in [3.8, 4) is 0 Å². The molecule has 0 aliphatic heterocycles. The molecule has 0 amide bonds. The first-order valence-corrected chi connectivity index (χ1v) is 12.7. The summed E-state index contributed by atoms with van der Waals surface area (Å²) in [7, 11) is -4.32. The van der Waals surface area contributed by atoms with Gasteiger partial charge in [0.1, 0.15) is 10.6 Å². The molecule has 198 valence electrons. The molecule has 36 heavy (non-hydrogen) atoms. The summed E-state index contributed by atoms with van der Waals surface area (Å²) in [4.78, 5) is -0.235. The molecule has 2 aliphatic carbocycles. The van der Waals surface area contributed by atoms with E-state index in [1.807, 2.05) is 0 Å². The minimum Gasteiger partial charge on any atom is -0.328 e. The molecule has 0 saturated heterocycles. The summed E-state index contributed by atoms with van der Waals surface area (Å²) < 4.78 is 135. The maximum atomic E-state index is 14.8. The summed E-state index contributed by atoms with van der Waals surface area (Å²) in [5.41, 5.74) is -1.24. The molecule has 0 aromatic heterocycles. The van der Waals surface area contributed by atoms with E-state index < -0.39 is 55.9 Å². The highest BCUT2D eigenvalue weighted by atomic mass is 32.2. The average Bonchev–Trinajstić information content (AvgIpc) is 3.19. The largest absolute Gasteiger partial charge is 0.435 e. The SMILES string of the molecule is CC(N)[C@@H]1CC[C@@]2(S(=O)(=O)c3ccc(F)cc3)c3ccc(C(F)(C(F)(F)F)C(F)(F)F)cc3CC[C@@H]12. The molecule has 1 saturated carbocycles. The van der Waals surface area contributed by atoms with E-state index in [1.165, 1.54) is 0 Å². The lowest BCUT2D eigenvalue weighted by Crippen LogP contribution is -2.51. The van der Waals surface area contributed by atoms with Crippen LogP contribution < -0.4 is 5.73 Å². The number of hydrogen-bond acceptors (Lipinski definition) is 3. The van der Waals surface area contributed by atoms with Crippen LogP contribution in [0.3, 0.4) is 0 Å². The first kappa shape index (κ1) is 26.8. The van der Waals surface area contributed by atoms with Gasteiger partial charge in [0, 0.05) is 11.6 Å². The van der Waals surface area contributed by atoms with Crippen molar-refractivity contribution in [2.45, 2.75) is 66.3 Å². The van der Waals surface area contributed by atoms with Gasteiger partial charge in [-0.15, -0.1) is 0 Å². The van der Waals surface area contributed by atoms with Crippen LogP contribution >= 0.6 is 0 Å². The molecular formula is C24H23F8NO2S. The van der Waals surface area contributed by atoms with Crippen LogP contribution in [-0.4, -0.2) is 26.8 Å². The Labute approximate surface area is 202 Å². The van der Waals surface area contributed by atoms with E-state index in [1.54, 1.807) is 6.92 Å². The van der Waals surface area contributed by atoms with Gasteiger partial charge in [0.2, 0.25) is 0 Å². The molecule has 0 spiro atoms. The Kier molecular flexibility index (Phi) is 6.27. The van der Waals surface area contributed by atoms with E-state index in [9.17, 15) is 43.5 Å². The number of nitrogens with two attached hydrogens (primary N) is 1. The second-order valence-corrected chi connectivity index (χ2v) is 11.8. The molecule has 1 fully saturated rings. The van der Waals surface area contributed by atoms with Gasteiger partial charge in [0.25, 0.3) is 0 Å². The van der Waals surface area contributed by atoms with Gasteiger partial charge in [-0.25, -0.2) is 17.2 Å². The van der Waals surface area contributed by atoms with Gasteiger partial charge >= 0.3 is 18.0 Å². The van der Waals surface area contributed by atoms with Gasteiger partial charge in [-0.2, -0.15) is 26.3 Å². The summed E-state index contributed by atoms with van der Waals surface area (Å²) in [6.07, 6.45) is -12.2. The van der Waals surface area contributed by atoms with Gasteiger partial charge < -0.3 is 5.73 Å². The second kappa shape index (κ2) is 8.41. The highest BCUT2D eigenvalue weighted by Gasteiger charge is 2.73. The van der Waals surface area contributed by atoms with E-state index in [0.29, 0.717) is 18.6 Å². The molecule has 4 rings (SSSR count). The number of fused-ring (bicyclic) bond motifs is 3. The normalized spacial score (nSPS) is 25.8. The maximum absolute atomic E-state index is 14.8. The maximum Gasteiger partial charge on any atom is 0.435 e. The molecule has 2 aromatic carbocycles. The summed E-state index contributed by atoms with van der Waals surface area (Å²) in [5.74, 6) is -1.57. The summed E-state index contributed by atoms with van der Waals surface area (Å²) in [6, 6.07) is 5.32. The highest BCUT2D eigenvalue weighted by Crippen LogP contribution is 2.61. The van der Waals surface area contributed by atoms with Crippen molar-refractivity contribution in [3.63, 3.8) is 0 Å². The van der Waals surface area contributed by atoms with Crippen LogP contribution in [-0.2, 0) is 26.7 Å². The Morgan fingerprint density at radius 1 is 0.944 bits per heavy atom. The predicted molar refractivity (Wildman–Crippen MR) is 115 cm³/mol.